The average Bonchev–Trinajstić information content (AvgIpc) is 3.03. The van der Waals surface area contributed by atoms with Gasteiger partial charge in [-0.25, -0.2) is 0 Å². The Morgan fingerprint density at radius 2 is 0.680 bits per heavy atom. The molecule has 0 aromatic rings. The zero-order valence-corrected chi connectivity index (χ0v) is 36.6. The summed E-state index contributed by atoms with van der Waals surface area (Å²) in [7, 11) is 4.33. The maximum Gasteiger partial charge on any atom is 0.168 e. The number of ether oxygens (including phenoxy) is 2. The highest BCUT2D eigenvalue weighted by Crippen LogP contribution is 2.35. The van der Waals surface area contributed by atoms with Gasteiger partial charge in [0, 0.05) is 25.3 Å². The van der Waals surface area contributed by atoms with E-state index in [4.69, 9.17) is 9.47 Å². The minimum absolute atomic E-state index is 0.357. The van der Waals surface area contributed by atoms with Crippen molar-refractivity contribution >= 4 is 0 Å². The third kappa shape index (κ3) is 25.8. The summed E-state index contributed by atoms with van der Waals surface area (Å²) in [5.41, 5.74) is 0. The number of hydrogen-bond donors (Lipinski definition) is 0. The molecule has 6 atom stereocenters. The Morgan fingerprint density at radius 1 is 0.420 bits per heavy atom. The molecule has 0 aliphatic carbocycles. The summed E-state index contributed by atoms with van der Waals surface area (Å²) in [5, 5.41) is 0. The predicted molar refractivity (Wildman–Crippen MR) is 223 cm³/mol. The predicted octanol–water partition coefficient (Wildman–Crippen LogP) is 14.6. The minimum atomic E-state index is -0.357. The summed E-state index contributed by atoms with van der Waals surface area (Å²) in [6.07, 6.45) is 29.8. The second-order valence-electron chi connectivity index (χ2n) is 19.7. The van der Waals surface area contributed by atoms with Gasteiger partial charge >= 0.3 is 0 Å². The highest BCUT2D eigenvalue weighted by Gasteiger charge is 2.37. The highest BCUT2D eigenvalue weighted by molar-refractivity contribution is 4.79. The van der Waals surface area contributed by atoms with Gasteiger partial charge in [0.2, 0.25) is 0 Å². The Labute approximate surface area is 317 Å². The number of nitrogens with zero attached hydrogens (tertiary/aromatic N) is 1. The van der Waals surface area contributed by atoms with Crippen LogP contribution in [-0.4, -0.2) is 44.5 Å². The van der Waals surface area contributed by atoms with Crippen molar-refractivity contribution in [1.82, 2.24) is 4.90 Å². The normalized spacial score (nSPS) is 22.3. The lowest BCUT2D eigenvalue weighted by molar-refractivity contribution is -0.292. The van der Waals surface area contributed by atoms with Crippen molar-refractivity contribution in [3.8, 4) is 0 Å². The summed E-state index contributed by atoms with van der Waals surface area (Å²) in [5.74, 6) is 6.87. The molecule has 1 saturated heterocycles. The summed E-state index contributed by atoms with van der Waals surface area (Å²) in [4.78, 5) is 2.28. The fourth-order valence-corrected chi connectivity index (χ4v) is 8.47. The molecule has 6 unspecified atom stereocenters. The topological polar surface area (TPSA) is 21.7 Å². The van der Waals surface area contributed by atoms with Crippen LogP contribution >= 0.6 is 0 Å². The van der Waals surface area contributed by atoms with E-state index in [-0.39, 0.29) is 5.79 Å². The maximum absolute atomic E-state index is 6.72. The van der Waals surface area contributed by atoms with Gasteiger partial charge in [0.25, 0.3) is 0 Å². The van der Waals surface area contributed by atoms with Gasteiger partial charge in [0.1, 0.15) is 0 Å². The third-order valence-corrected chi connectivity index (χ3v) is 12.4. The van der Waals surface area contributed by atoms with Crippen molar-refractivity contribution < 1.29 is 9.47 Å². The largest absolute Gasteiger partial charge is 0.350 e. The molecule has 1 rings (SSSR count). The third-order valence-electron chi connectivity index (χ3n) is 12.4. The molecule has 1 aliphatic rings. The number of hydrogen-bond acceptors (Lipinski definition) is 3. The van der Waals surface area contributed by atoms with Gasteiger partial charge in [0.15, 0.2) is 5.79 Å². The molecule has 3 nitrogen and oxygen atoms in total. The first-order chi connectivity index (χ1) is 23.7. The first-order valence-electron chi connectivity index (χ1n) is 22.6. The van der Waals surface area contributed by atoms with Gasteiger partial charge < -0.3 is 14.4 Å². The molecular weight excluding hydrogens is 611 g/mol. The smallest absolute Gasteiger partial charge is 0.168 e. The molecule has 1 fully saturated rings. The number of rotatable bonds is 32. The Kier molecular flexibility index (Phi) is 27.2. The molecule has 300 valence electrons. The van der Waals surface area contributed by atoms with E-state index in [1.807, 2.05) is 0 Å². The molecule has 0 aromatic heterocycles. The Bertz CT molecular complexity index is 706. The zero-order chi connectivity index (χ0) is 37.4. The first kappa shape index (κ1) is 47.9. The highest BCUT2D eigenvalue weighted by atomic mass is 16.7. The minimum Gasteiger partial charge on any atom is -0.350 e. The van der Waals surface area contributed by atoms with E-state index in [1.54, 1.807) is 0 Å². The molecule has 0 amide bonds. The lowest BCUT2D eigenvalue weighted by Crippen LogP contribution is -2.47. The molecule has 50 heavy (non-hydrogen) atoms. The van der Waals surface area contributed by atoms with Crippen LogP contribution < -0.4 is 0 Å². The van der Waals surface area contributed by atoms with Crippen molar-refractivity contribution in [2.24, 2.45) is 53.3 Å². The van der Waals surface area contributed by atoms with Gasteiger partial charge in [-0.2, -0.15) is 0 Å². The summed E-state index contributed by atoms with van der Waals surface area (Å²) in [6.45, 7) is 27.1. The molecular formula is C47H95NO2. The van der Waals surface area contributed by atoms with Crippen molar-refractivity contribution in [3.05, 3.63) is 0 Å². The summed E-state index contributed by atoms with van der Waals surface area (Å²) >= 11 is 0. The Morgan fingerprint density at radius 3 is 0.940 bits per heavy atom. The summed E-state index contributed by atoms with van der Waals surface area (Å²) < 4.78 is 13.4. The molecule has 0 spiro atoms. The molecule has 0 saturated carbocycles. The van der Waals surface area contributed by atoms with Gasteiger partial charge in [-0.15, -0.1) is 0 Å². The molecule has 3 heteroatoms. The van der Waals surface area contributed by atoms with Gasteiger partial charge in [-0.3, -0.25) is 0 Å². The fraction of sp³-hybridized carbons (Fsp3) is 1.00. The standard InChI is InChI=1S/C47H95NO2/c1-38(2)19-13-21-40(5)23-15-25-42(7)27-17-29-44(9)31-33-47(49-36-46(37-50-47)35-48(11)12)34-32-45(10)30-18-28-43(8)26-16-24-41(6)22-14-20-39(3)4/h38-46H,13-37H2,1-12H3. The summed E-state index contributed by atoms with van der Waals surface area (Å²) in [6, 6.07) is 0. The van der Waals surface area contributed by atoms with Gasteiger partial charge in [0.05, 0.1) is 13.2 Å². The van der Waals surface area contributed by atoms with Crippen molar-refractivity contribution in [2.45, 2.75) is 216 Å². The van der Waals surface area contributed by atoms with E-state index in [1.165, 1.54) is 128 Å². The van der Waals surface area contributed by atoms with Crippen LogP contribution in [0.5, 0.6) is 0 Å². The lowest BCUT2D eigenvalue weighted by Gasteiger charge is -2.42. The van der Waals surface area contributed by atoms with Crippen molar-refractivity contribution in [1.29, 1.82) is 0 Å². The Hall–Kier alpha value is -0.120. The van der Waals surface area contributed by atoms with Crippen LogP contribution in [-0.2, 0) is 9.47 Å². The molecule has 0 bridgehead atoms. The quantitative estimate of drug-likeness (QED) is 0.0695. The van der Waals surface area contributed by atoms with Crippen LogP contribution in [0.3, 0.4) is 0 Å². The lowest BCUT2D eigenvalue weighted by atomic mass is 9.88. The van der Waals surface area contributed by atoms with Crippen LogP contribution in [0.15, 0.2) is 0 Å². The average molecular weight is 706 g/mol. The van der Waals surface area contributed by atoms with Crippen molar-refractivity contribution in [3.63, 3.8) is 0 Å². The van der Waals surface area contributed by atoms with Crippen LogP contribution in [0.4, 0.5) is 0 Å². The van der Waals surface area contributed by atoms with Crippen LogP contribution in [0.1, 0.15) is 210 Å². The van der Waals surface area contributed by atoms with Crippen LogP contribution in [0, 0.1) is 53.3 Å². The van der Waals surface area contributed by atoms with Gasteiger partial charge in [-0.1, -0.05) is 185 Å². The molecule has 0 radical (unpaired) electrons. The van der Waals surface area contributed by atoms with E-state index < -0.39 is 0 Å². The molecule has 0 N–H and O–H groups in total. The van der Waals surface area contributed by atoms with E-state index in [2.05, 4.69) is 88.2 Å². The first-order valence-corrected chi connectivity index (χ1v) is 22.6. The van der Waals surface area contributed by atoms with E-state index in [0.29, 0.717) is 5.92 Å². The van der Waals surface area contributed by atoms with E-state index >= 15 is 0 Å². The SMILES string of the molecule is CC(C)CCCC(C)CCCC(C)CCCC(C)CCC1(CCC(C)CCCC(C)CCCC(C)CCCC(C)C)OCC(CN(C)C)CO1. The Balaban J connectivity index is 2.39. The van der Waals surface area contributed by atoms with Crippen LogP contribution in [0.2, 0.25) is 0 Å². The van der Waals surface area contributed by atoms with E-state index in [9.17, 15) is 0 Å². The monoisotopic (exact) mass is 706 g/mol. The second kappa shape index (κ2) is 28.3. The van der Waals surface area contributed by atoms with Gasteiger partial charge in [-0.05, 0) is 74.3 Å². The fourth-order valence-electron chi connectivity index (χ4n) is 8.47. The molecule has 0 aromatic carbocycles. The molecule has 1 heterocycles. The second-order valence-corrected chi connectivity index (χ2v) is 19.7. The zero-order valence-electron chi connectivity index (χ0n) is 36.6. The van der Waals surface area contributed by atoms with Crippen molar-refractivity contribution in [2.75, 3.05) is 33.9 Å². The molecule has 1 aliphatic heterocycles. The van der Waals surface area contributed by atoms with Crippen LogP contribution in [0.25, 0.3) is 0 Å². The van der Waals surface area contributed by atoms with E-state index in [0.717, 1.165) is 79.9 Å². The maximum atomic E-state index is 6.72.